The Labute approximate surface area is 193 Å². The number of ether oxygens (including phenoxy) is 2. The highest BCUT2D eigenvalue weighted by Crippen LogP contribution is 2.27. The predicted octanol–water partition coefficient (Wildman–Crippen LogP) is 2.97. The molecule has 0 radical (unpaired) electrons. The number of para-hydroxylation sites is 1. The molecule has 0 aliphatic heterocycles. The van der Waals surface area contributed by atoms with Gasteiger partial charge in [-0.05, 0) is 30.3 Å². The molecule has 1 N–H and O–H groups in total. The Balaban J connectivity index is 2.30. The van der Waals surface area contributed by atoms with E-state index in [2.05, 4.69) is 5.32 Å². The van der Waals surface area contributed by atoms with Crippen molar-refractivity contribution >= 4 is 33.4 Å². The summed E-state index contributed by atoms with van der Waals surface area (Å²) in [5, 5.41) is 2.60. The summed E-state index contributed by atoms with van der Waals surface area (Å²) in [6, 6.07) is 10.1. The molecule has 0 saturated carbocycles. The molecule has 0 heterocycles. The Kier molecular flexibility index (Phi) is 7.99. The summed E-state index contributed by atoms with van der Waals surface area (Å²) in [5.41, 5.74) is -0.402. The molecule has 0 saturated heterocycles. The number of benzene rings is 2. The third kappa shape index (κ3) is 6.17. The molecule has 2 rings (SSSR count). The van der Waals surface area contributed by atoms with Crippen molar-refractivity contribution in [2.45, 2.75) is 25.7 Å². The molecule has 0 atom stereocenters. The van der Waals surface area contributed by atoms with Crippen LogP contribution < -0.4 is 10.1 Å². The topological polar surface area (TPSA) is 119 Å². The molecule has 0 fully saturated rings. The normalized spacial score (nSPS) is 11.7. The Morgan fingerprint density at radius 2 is 1.67 bits per heavy atom. The molecule has 10 heteroatoms. The number of nitrogens with zero attached hydrogens (tertiary/aromatic N) is 1. The lowest BCUT2D eigenvalue weighted by atomic mass is 9.91. The summed E-state index contributed by atoms with van der Waals surface area (Å²) in [4.78, 5) is 37.3. The van der Waals surface area contributed by atoms with Gasteiger partial charge in [-0.1, -0.05) is 32.9 Å². The number of anilines is 1. The Morgan fingerprint density at radius 1 is 1.03 bits per heavy atom. The fourth-order valence-electron chi connectivity index (χ4n) is 2.61. The lowest BCUT2D eigenvalue weighted by Gasteiger charge is -2.17. The van der Waals surface area contributed by atoms with Crippen LogP contribution in [0.15, 0.2) is 47.4 Å². The maximum Gasteiger partial charge on any atom is 0.340 e. The molecule has 1 amide bonds. The van der Waals surface area contributed by atoms with E-state index < -0.39 is 33.9 Å². The van der Waals surface area contributed by atoms with Crippen molar-refractivity contribution in [3.05, 3.63) is 53.6 Å². The van der Waals surface area contributed by atoms with Crippen LogP contribution in [0.3, 0.4) is 0 Å². The molecule has 2 aromatic carbocycles. The third-order valence-electron chi connectivity index (χ3n) is 4.75. The van der Waals surface area contributed by atoms with Crippen LogP contribution in [-0.4, -0.2) is 58.2 Å². The summed E-state index contributed by atoms with van der Waals surface area (Å²) in [7, 11) is 0.192. The minimum Gasteiger partial charge on any atom is -0.495 e. The summed E-state index contributed by atoms with van der Waals surface area (Å²) in [6.07, 6.45) is 0. The van der Waals surface area contributed by atoms with E-state index in [1.54, 1.807) is 32.9 Å². The average Bonchev–Trinajstić information content (AvgIpc) is 2.76. The van der Waals surface area contributed by atoms with E-state index in [1.165, 1.54) is 51.5 Å². The summed E-state index contributed by atoms with van der Waals surface area (Å²) < 4.78 is 36.5. The number of carbonyl (C=O) groups is 3. The number of methoxy groups -OCH3 is 1. The van der Waals surface area contributed by atoms with Crippen LogP contribution in [0.1, 0.15) is 41.5 Å². The smallest absolute Gasteiger partial charge is 0.340 e. The highest BCUT2D eigenvalue weighted by Gasteiger charge is 2.25. The number of hydrogen-bond donors (Lipinski definition) is 1. The van der Waals surface area contributed by atoms with Crippen molar-refractivity contribution < 1.29 is 32.3 Å². The zero-order valence-electron chi connectivity index (χ0n) is 19.5. The van der Waals surface area contributed by atoms with E-state index >= 15 is 0 Å². The molecule has 0 bridgehead atoms. The Morgan fingerprint density at radius 3 is 2.24 bits per heavy atom. The number of carbonyl (C=O) groups excluding carboxylic acids is 3. The van der Waals surface area contributed by atoms with Gasteiger partial charge in [-0.25, -0.2) is 17.5 Å². The fourth-order valence-corrected chi connectivity index (χ4v) is 3.68. The van der Waals surface area contributed by atoms with E-state index in [1.807, 2.05) is 0 Å². The first-order valence-electron chi connectivity index (χ1n) is 10.0. The van der Waals surface area contributed by atoms with Crippen LogP contribution in [0.4, 0.5) is 5.69 Å². The predicted molar refractivity (Wildman–Crippen MR) is 123 cm³/mol. The lowest BCUT2D eigenvalue weighted by Crippen LogP contribution is -2.26. The molecule has 33 heavy (non-hydrogen) atoms. The van der Waals surface area contributed by atoms with Gasteiger partial charge in [-0.3, -0.25) is 9.59 Å². The van der Waals surface area contributed by atoms with Crippen LogP contribution in [0.2, 0.25) is 0 Å². The van der Waals surface area contributed by atoms with Crippen LogP contribution in [-0.2, 0) is 19.6 Å². The van der Waals surface area contributed by atoms with Crippen LogP contribution in [0, 0.1) is 5.41 Å². The Bertz CT molecular complexity index is 1170. The maximum atomic E-state index is 12.9. The quantitative estimate of drug-likeness (QED) is 0.582. The van der Waals surface area contributed by atoms with Gasteiger partial charge >= 0.3 is 5.97 Å². The SMILES string of the molecule is COc1ccc(C(=O)Nc2ccccc2C(=O)OCC(=O)C(C)(C)C)cc1S(=O)(=O)N(C)C. The van der Waals surface area contributed by atoms with Crippen LogP contribution >= 0.6 is 0 Å². The first kappa shape index (κ1) is 26.0. The average molecular weight is 477 g/mol. The molecule has 0 aliphatic carbocycles. The van der Waals surface area contributed by atoms with Gasteiger partial charge in [-0.2, -0.15) is 0 Å². The molecular formula is C23H28N2O7S. The minimum absolute atomic E-state index is 0.0438. The highest BCUT2D eigenvalue weighted by atomic mass is 32.2. The van der Waals surface area contributed by atoms with Gasteiger partial charge in [0.2, 0.25) is 10.0 Å². The number of esters is 1. The standard InChI is InChI=1S/C23H28N2O7S/c1-23(2,3)20(26)14-32-22(28)16-9-7-8-10-17(16)24-21(27)15-11-12-18(31-6)19(13-15)33(29,30)25(4)5/h7-13H,14H2,1-6H3,(H,24,27). The first-order valence-corrected chi connectivity index (χ1v) is 11.4. The second-order valence-electron chi connectivity index (χ2n) is 8.40. The van der Waals surface area contributed by atoms with E-state index in [4.69, 9.17) is 9.47 Å². The largest absolute Gasteiger partial charge is 0.495 e. The molecule has 0 aliphatic rings. The first-order chi connectivity index (χ1) is 15.3. The molecule has 0 unspecified atom stereocenters. The van der Waals surface area contributed by atoms with Gasteiger partial charge in [0.1, 0.15) is 10.6 Å². The van der Waals surface area contributed by atoms with E-state index in [0.29, 0.717) is 0 Å². The van der Waals surface area contributed by atoms with Gasteiger partial charge in [0.25, 0.3) is 5.91 Å². The molecule has 178 valence electrons. The van der Waals surface area contributed by atoms with Gasteiger partial charge in [0.15, 0.2) is 12.4 Å². The van der Waals surface area contributed by atoms with E-state index in [-0.39, 0.29) is 33.2 Å². The molecular weight excluding hydrogens is 448 g/mol. The summed E-state index contributed by atoms with van der Waals surface area (Å²) in [5.74, 6) is -1.56. The van der Waals surface area contributed by atoms with Crippen LogP contribution in [0.5, 0.6) is 5.75 Å². The number of sulfonamides is 1. The molecule has 9 nitrogen and oxygen atoms in total. The van der Waals surface area contributed by atoms with Gasteiger partial charge in [0, 0.05) is 25.1 Å². The zero-order chi connectivity index (χ0) is 25.0. The van der Waals surface area contributed by atoms with Crippen molar-refractivity contribution in [3.63, 3.8) is 0 Å². The highest BCUT2D eigenvalue weighted by molar-refractivity contribution is 7.89. The van der Waals surface area contributed by atoms with Crippen molar-refractivity contribution in [1.29, 1.82) is 0 Å². The number of amides is 1. The van der Waals surface area contributed by atoms with Crippen molar-refractivity contribution in [2.75, 3.05) is 33.1 Å². The number of hydrogen-bond acceptors (Lipinski definition) is 7. The third-order valence-corrected chi connectivity index (χ3v) is 6.59. The second kappa shape index (κ2) is 10.1. The number of ketones is 1. The second-order valence-corrected chi connectivity index (χ2v) is 10.5. The minimum atomic E-state index is -3.88. The van der Waals surface area contributed by atoms with Gasteiger partial charge in [-0.15, -0.1) is 0 Å². The van der Waals surface area contributed by atoms with E-state index in [0.717, 1.165) is 4.31 Å². The maximum absolute atomic E-state index is 12.9. The van der Waals surface area contributed by atoms with Crippen LogP contribution in [0.25, 0.3) is 0 Å². The molecule has 2 aromatic rings. The zero-order valence-corrected chi connectivity index (χ0v) is 20.3. The van der Waals surface area contributed by atoms with Crippen molar-refractivity contribution in [2.24, 2.45) is 5.41 Å². The lowest BCUT2D eigenvalue weighted by molar-refractivity contribution is -0.129. The van der Waals surface area contributed by atoms with Gasteiger partial charge < -0.3 is 14.8 Å². The molecule has 0 spiro atoms. The number of Topliss-reactive ketones (excluding diaryl/α,β-unsaturated/α-hetero) is 1. The van der Waals surface area contributed by atoms with E-state index in [9.17, 15) is 22.8 Å². The van der Waals surface area contributed by atoms with Crippen molar-refractivity contribution in [1.82, 2.24) is 4.31 Å². The van der Waals surface area contributed by atoms with Gasteiger partial charge in [0.05, 0.1) is 18.4 Å². The number of rotatable bonds is 8. The molecule has 0 aromatic heterocycles. The monoisotopic (exact) mass is 476 g/mol. The summed E-state index contributed by atoms with van der Waals surface area (Å²) in [6.45, 7) is 4.76. The fraction of sp³-hybridized carbons (Fsp3) is 0.348. The van der Waals surface area contributed by atoms with Crippen molar-refractivity contribution in [3.8, 4) is 5.75 Å². The number of nitrogens with one attached hydrogen (secondary N) is 1. The Hall–Kier alpha value is -3.24. The summed E-state index contributed by atoms with van der Waals surface area (Å²) >= 11 is 0.